The van der Waals surface area contributed by atoms with E-state index in [9.17, 15) is 4.79 Å². The Morgan fingerprint density at radius 2 is 1.76 bits per heavy atom. The third kappa shape index (κ3) is 3.51. The minimum atomic E-state index is -0.175. The van der Waals surface area contributed by atoms with Gasteiger partial charge in [0.15, 0.2) is 0 Å². The lowest BCUT2D eigenvalue weighted by Crippen LogP contribution is -2.42. The average Bonchev–Trinajstić information content (AvgIpc) is 3.47. The average molecular weight is 387 g/mol. The van der Waals surface area contributed by atoms with Gasteiger partial charge < -0.3 is 10.6 Å². The SMILES string of the molecule is O=C(Nc1c2c(nn1-c1ccccc1)CCC2)NC1CNCC1c1ccccc1. The van der Waals surface area contributed by atoms with Crippen LogP contribution in [0.15, 0.2) is 60.7 Å². The number of nitrogens with zero attached hydrogens (tertiary/aromatic N) is 2. The summed E-state index contributed by atoms with van der Waals surface area (Å²) in [5.41, 5.74) is 4.46. The smallest absolute Gasteiger partial charge is 0.320 e. The predicted octanol–water partition coefficient (Wildman–Crippen LogP) is 3.24. The standard InChI is InChI=1S/C23H25N5O/c29-23(25-21-15-24-14-19(21)16-8-3-1-4-9-16)26-22-18-12-7-13-20(18)27-28(22)17-10-5-2-6-11-17/h1-6,8-11,19,21,24H,7,12-15H2,(H2,25,26,29). The molecular formula is C23H25N5O. The van der Waals surface area contributed by atoms with Crippen molar-refractivity contribution in [3.63, 3.8) is 0 Å². The molecule has 1 aromatic heterocycles. The summed E-state index contributed by atoms with van der Waals surface area (Å²) in [6.45, 7) is 1.63. The molecule has 2 aliphatic rings. The summed E-state index contributed by atoms with van der Waals surface area (Å²) in [6.07, 6.45) is 3.01. The molecule has 5 rings (SSSR count). The minimum absolute atomic E-state index is 0.0542. The van der Waals surface area contributed by atoms with Gasteiger partial charge in [-0.2, -0.15) is 5.10 Å². The van der Waals surface area contributed by atoms with Crippen LogP contribution in [-0.4, -0.2) is 34.9 Å². The predicted molar refractivity (Wildman–Crippen MR) is 114 cm³/mol. The number of rotatable bonds is 4. The highest BCUT2D eigenvalue weighted by molar-refractivity contribution is 5.90. The lowest BCUT2D eigenvalue weighted by atomic mass is 9.94. The fraction of sp³-hybridized carbons (Fsp3) is 0.304. The summed E-state index contributed by atoms with van der Waals surface area (Å²) < 4.78 is 1.87. The summed E-state index contributed by atoms with van der Waals surface area (Å²) in [5, 5.41) is 14.5. The monoisotopic (exact) mass is 387 g/mol. The van der Waals surface area contributed by atoms with Crippen LogP contribution < -0.4 is 16.0 Å². The van der Waals surface area contributed by atoms with Crippen LogP contribution in [0.1, 0.15) is 29.2 Å². The molecule has 2 amide bonds. The Balaban J connectivity index is 1.36. The van der Waals surface area contributed by atoms with Crippen molar-refractivity contribution in [3.05, 3.63) is 77.5 Å². The molecule has 148 valence electrons. The maximum atomic E-state index is 12.9. The summed E-state index contributed by atoms with van der Waals surface area (Å²) >= 11 is 0. The van der Waals surface area contributed by atoms with Crippen LogP contribution in [0.2, 0.25) is 0 Å². The first-order chi connectivity index (χ1) is 14.3. The molecule has 2 heterocycles. The Labute approximate surface area is 170 Å². The van der Waals surface area contributed by atoms with Gasteiger partial charge in [-0.15, -0.1) is 0 Å². The maximum Gasteiger partial charge on any atom is 0.320 e. The van der Waals surface area contributed by atoms with Crippen LogP contribution >= 0.6 is 0 Å². The van der Waals surface area contributed by atoms with E-state index in [0.29, 0.717) is 0 Å². The number of hydrogen-bond donors (Lipinski definition) is 3. The molecule has 1 aliphatic carbocycles. The fourth-order valence-corrected chi connectivity index (χ4v) is 4.47. The number of anilines is 1. The van der Waals surface area contributed by atoms with Gasteiger partial charge in [-0.1, -0.05) is 48.5 Å². The molecule has 3 aromatic rings. The summed E-state index contributed by atoms with van der Waals surface area (Å²) in [7, 11) is 0. The molecule has 2 atom stereocenters. The molecule has 0 bridgehead atoms. The first kappa shape index (κ1) is 17.9. The van der Waals surface area contributed by atoms with Crippen molar-refractivity contribution in [2.24, 2.45) is 0 Å². The molecule has 0 saturated carbocycles. The molecule has 0 radical (unpaired) electrons. The highest BCUT2D eigenvalue weighted by atomic mass is 16.2. The Morgan fingerprint density at radius 1 is 1.00 bits per heavy atom. The molecule has 2 aromatic carbocycles. The summed E-state index contributed by atoms with van der Waals surface area (Å²) in [5.74, 6) is 1.06. The van der Waals surface area contributed by atoms with E-state index in [-0.39, 0.29) is 18.0 Å². The number of nitrogens with one attached hydrogen (secondary N) is 3. The zero-order valence-electron chi connectivity index (χ0n) is 16.3. The fourth-order valence-electron chi connectivity index (χ4n) is 4.47. The number of carbonyl (C=O) groups excluding carboxylic acids is 1. The first-order valence-electron chi connectivity index (χ1n) is 10.3. The van der Waals surface area contributed by atoms with E-state index >= 15 is 0 Å². The van der Waals surface area contributed by atoms with Crippen molar-refractivity contribution in [2.75, 3.05) is 18.4 Å². The van der Waals surface area contributed by atoms with E-state index in [1.807, 2.05) is 53.2 Å². The van der Waals surface area contributed by atoms with Crippen LogP contribution in [-0.2, 0) is 12.8 Å². The van der Waals surface area contributed by atoms with Gasteiger partial charge in [0.1, 0.15) is 5.82 Å². The van der Waals surface area contributed by atoms with Crippen LogP contribution in [0.4, 0.5) is 10.6 Å². The van der Waals surface area contributed by atoms with Gasteiger partial charge in [0.25, 0.3) is 0 Å². The third-order valence-electron chi connectivity index (χ3n) is 5.90. The van der Waals surface area contributed by atoms with E-state index in [4.69, 9.17) is 5.10 Å². The molecule has 0 spiro atoms. The van der Waals surface area contributed by atoms with E-state index < -0.39 is 0 Å². The molecule has 2 unspecified atom stereocenters. The number of aryl methyl sites for hydroxylation is 1. The second kappa shape index (κ2) is 7.72. The van der Waals surface area contributed by atoms with Crippen LogP contribution in [0.3, 0.4) is 0 Å². The Morgan fingerprint density at radius 3 is 2.55 bits per heavy atom. The van der Waals surface area contributed by atoms with Crippen molar-refractivity contribution < 1.29 is 4.79 Å². The minimum Gasteiger partial charge on any atom is -0.333 e. The van der Waals surface area contributed by atoms with Crippen molar-refractivity contribution >= 4 is 11.8 Å². The number of aromatic nitrogens is 2. The molecule has 6 heteroatoms. The molecule has 1 aliphatic heterocycles. The molecular weight excluding hydrogens is 362 g/mol. The van der Waals surface area contributed by atoms with Gasteiger partial charge in [-0.3, -0.25) is 5.32 Å². The molecule has 29 heavy (non-hydrogen) atoms. The van der Waals surface area contributed by atoms with Gasteiger partial charge in [0, 0.05) is 24.6 Å². The Bertz CT molecular complexity index is 999. The molecule has 1 fully saturated rings. The topological polar surface area (TPSA) is 71.0 Å². The van der Waals surface area contributed by atoms with Crippen LogP contribution in [0, 0.1) is 0 Å². The zero-order chi connectivity index (χ0) is 19.6. The van der Waals surface area contributed by atoms with Crippen LogP contribution in [0.25, 0.3) is 5.69 Å². The van der Waals surface area contributed by atoms with Gasteiger partial charge >= 0.3 is 6.03 Å². The van der Waals surface area contributed by atoms with Crippen molar-refractivity contribution in [3.8, 4) is 5.69 Å². The summed E-state index contributed by atoms with van der Waals surface area (Å²) in [4.78, 5) is 12.9. The van der Waals surface area contributed by atoms with Crippen molar-refractivity contribution in [2.45, 2.75) is 31.2 Å². The number of benzene rings is 2. The molecule has 6 nitrogen and oxygen atoms in total. The zero-order valence-corrected chi connectivity index (χ0v) is 16.3. The lowest BCUT2D eigenvalue weighted by molar-refractivity contribution is 0.248. The van der Waals surface area contributed by atoms with Crippen molar-refractivity contribution in [1.82, 2.24) is 20.4 Å². The number of fused-ring (bicyclic) bond motifs is 1. The van der Waals surface area contributed by atoms with Crippen molar-refractivity contribution in [1.29, 1.82) is 0 Å². The van der Waals surface area contributed by atoms with Gasteiger partial charge in [-0.25, -0.2) is 9.48 Å². The Kier molecular flexibility index (Phi) is 4.77. The highest BCUT2D eigenvalue weighted by Gasteiger charge is 2.30. The number of amides is 2. The normalized spacial score (nSPS) is 20.4. The molecule has 3 N–H and O–H groups in total. The van der Waals surface area contributed by atoms with Gasteiger partial charge in [0.05, 0.1) is 17.4 Å². The second-order valence-corrected chi connectivity index (χ2v) is 7.76. The van der Waals surface area contributed by atoms with E-state index in [1.54, 1.807) is 0 Å². The van der Waals surface area contributed by atoms with E-state index in [0.717, 1.165) is 55.1 Å². The van der Waals surface area contributed by atoms with E-state index in [1.165, 1.54) is 5.56 Å². The quantitative estimate of drug-likeness (QED) is 0.644. The number of hydrogen-bond acceptors (Lipinski definition) is 3. The molecule has 1 saturated heterocycles. The highest BCUT2D eigenvalue weighted by Crippen LogP contribution is 2.31. The number of carbonyl (C=O) groups is 1. The largest absolute Gasteiger partial charge is 0.333 e. The lowest BCUT2D eigenvalue weighted by Gasteiger charge is -2.21. The second-order valence-electron chi connectivity index (χ2n) is 7.76. The third-order valence-corrected chi connectivity index (χ3v) is 5.90. The number of urea groups is 1. The summed E-state index contributed by atoms with van der Waals surface area (Å²) in [6, 6.07) is 20.2. The number of para-hydroxylation sites is 1. The van der Waals surface area contributed by atoms with Gasteiger partial charge in [-0.05, 0) is 37.0 Å². The maximum absolute atomic E-state index is 12.9. The Hall–Kier alpha value is -3.12. The first-order valence-corrected chi connectivity index (χ1v) is 10.3. The van der Waals surface area contributed by atoms with Gasteiger partial charge in [0.2, 0.25) is 0 Å². The van der Waals surface area contributed by atoms with Crippen LogP contribution in [0.5, 0.6) is 0 Å². The van der Waals surface area contributed by atoms with E-state index in [2.05, 4.69) is 28.1 Å².